The van der Waals surface area contributed by atoms with E-state index in [0.717, 1.165) is 0 Å². The second-order valence-electron chi connectivity index (χ2n) is 8.15. The predicted molar refractivity (Wildman–Crippen MR) is 120 cm³/mol. The lowest BCUT2D eigenvalue weighted by molar-refractivity contribution is -0.120. The fourth-order valence-electron chi connectivity index (χ4n) is 3.53. The number of benzene rings is 2. The van der Waals surface area contributed by atoms with Gasteiger partial charge in [0.25, 0.3) is 5.91 Å². The summed E-state index contributed by atoms with van der Waals surface area (Å²) < 4.78 is 27.2. The summed E-state index contributed by atoms with van der Waals surface area (Å²) in [4.78, 5) is 25.7. The van der Waals surface area contributed by atoms with Gasteiger partial charge in [0.1, 0.15) is 0 Å². The lowest BCUT2D eigenvalue weighted by Crippen LogP contribution is -2.43. The van der Waals surface area contributed by atoms with Crippen LogP contribution in [0.5, 0.6) is 0 Å². The first kappa shape index (κ1) is 23.0. The van der Waals surface area contributed by atoms with Gasteiger partial charge in [-0.2, -0.15) is 4.31 Å². The molecule has 0 aliphatic carbocycles. The van der Waals surface area contributed by atoms with Crippen molar-refractivity contribution in [1.29, 1.82) is 0 Å². The zero-order chi connectivity index (χ0) is 22.4. The van der Waals surface area contributed by atoms with Crippen LogP contribution in [0.25, 0.3) is 0 Å². The number of carbonyl (C=O) groups excluding carboxylic acids is 2. The molecule has 31 heavy (non-hydrogen) atoms. The molecule has 2 amide bonds. The molecule has 3 rings (SSSR count). The first-order chi connectivity index (χ1) is 14.8. The minimum Gasteiger partial charge on any atom is -0.352 e. The third-order valence-electron chi connectivity index (χ3n) is 5.24. The quantitative estimate of drug-likeness (QED) is 0.687. The Morgan fingerprint density at radius 1 is 1.06 bits per heavy atom. The van der Waals surface area contributed by atoms with Gasteiger partial charge in [-0.3, -0.25) is 9.59 Å². The highest BCUT2D eigenvalue weighted by Crippen LogP contribution is 2.25. The van der Waals surface area contributed by atoms with E-state index >= 15 is 0 Å². The Morgan fingerprint density at radius 3 is 2.45 bits per heavy atom. The van der Waals surface area contributed by atoms with E-state index in [1.165, 1.54) is 4.31 Å². The molecule has 0 aromatic heterocycles. The van der Waals surface area contributed by atoms with E-state index in [-0.39, 0.29) is 23.3 Å². The van der Waals surface area contributed by atoms with E-state index in [0.29, 0.717) is 43.1 Å². The van der Waals surface area contributed by atoms with Crippen LogP contribution in [0.1, 0.15) is 37.0 Å². The van der Waals surface area contributed by atoms with Gasteiger partial charge in [-0.1, -0.05) is 44.2 Å². The molecule has 8 heteroatoms. The predicted octanol–water partition coefficient (Wildman–Crippen LogP) is 3.11. The summed E-state index contributed by atoms with van der Waals surface area (Å²) in [5, 5.41) is 5.70. The van der Waals surface area contributed by atoms with Gasteiger partial charge < -0.3 is 10.6 Å². The van der Waals surface area contributed by atoms with Crippen LogP contribution in [0.2, 0.25) is 0 Å². The zero-order valence-corrected chi connectivity index (χ0v) is 18.7. The summed E-state index contributed by atoms with van der Waals surface area (Å²) in [5.74, 6) is -0.705. The maximum Gasteiger partial charge on any atom is 0.253 e. The molecular formula is C23H29N3O4S. The van der Waals surface area contributed by atoms with Crippen molar-refractivity contribution < 1.29 is 18.0 Å². The summed E-state index contributed by atoms with van der Waals surface area (Å²) in [6, 6.07) is 15.1. The van der Waals surface area contributed by atoms with Crippen LogP contribution in [0.3, 0.4) is 0 Å². The van der Waals surface area contributed by atoms with E-state index in [2.05, 4.69) is 10.6 Å². The first-order valence-corrected chi connectivity index (χ1v) is 12.0. The van der Waals surface area contributed by atoms with Gasteiger partial charge in [0.15, 0.2) is 0 Å². The number of hydrogen-bond donors (Lipinski definition) is 2. The molecule has 1 saturated heterocycles. The molecule has 7 nitrogen and oxygen atoms in total. The largest absolute Gasteiger partial charge is 0.352 e. The molecule has 1 aliphatic heterocycles. The van der Waals surface area contributed by atoms with Crippen LogP contribution in [-0.4, -0.2) is 44.2 Å². The van der Waals surface area contributed by atoms with Gasteiger partial charge in [0, 0.05) is 19.6 Å². The molecule has 1 unspecified atom stereocenters. The number of para-hydroxylation sites is 1. The summed E-state index contributed by atoms with van der Waals surface area (Å²) >= 11 is 0. The van der Waals surface area contributed by atoms with Crippen molar-refractivity contribution in [3.63, 3.8) is 0 Å². The second-order valence-corrected chi connectivity index (χ2v) is 10.1. The monoisotopic (exact) mass is 443 g/mol. The molecule has 0 radical (unpaired) electrons. The van der Waals surface area contributed by atoms with Crippen molar-refractivity contribution in [3.05, 3.63) is 60.2 Å². The van der Waals surface area contributed by atoms with Crippen molar-refractivity contribution in [1.82, 2.24) is 9.62 Å². The molecule has 1 aliphatic rings. The Kier molecular flexibility index (Phi) is 7.46. The molecule has 0 saturated carbocycles. The molecule has 1 heterocycles. The fourth-order valence-corrected chi connectivity index (χ4v) is 5.08. The van der Waals surface area contributed by atoms with Crippen molar-refractivity contribution in [2.24, 2.45) is 11.8 Å². The van der Waals surface area contributed by atoms with E-state index in [9.17, 15) is 18.0 Å². The van der Waals surface area contributed by atoms with Gasteiger partial charge >= 0.3 is 0 Å². The summed E-state index contributed by atoms with van der Waals surface area (Å²) in [5.41, 5.74) is 0.817. The normalized spacial score (nSPS) is 17.3. The van der Waals surface area contributed by atoms with Crippen LogP contribution in [0.15, 0.2) is 59.5 Å². The van der Waals surface area contributed by atoms with Gasteiger partial charge in [0.05, 0.1) is 22.1 Å². The number of nitrogens with zero attached hydrogens (tertiary/aromatic N) is 1. The fraction of sp³-hybridized carbons (Fsp3) is 0.391. The van der Waals surface area contributed by atoms with Crippen LogP contribution in [0, 0.1) is 11.8 Å². The highest BCUT2D eigenvalue weighted by atomic mass is 32.2. The topological polar surface area (TPSA) is 95.6 Å². The molecular weight excluding hydrogens is 414 g/mol. The smallest absolute Gasteiger partial charge is 0.253 e. The molecule has 0 spiro atoms. The van der Waals surface area contributed by atoms with E-state index < -0.39 is 15.9 Å². The van der Waals surface area contributed by atoms with Crippen LogP contribution >= 0.6 is 0 Å². The van der Waals surface area contributed by atoms with E-state index in [1.54, 1.807) is 54.6 Å². The summed E-state index contributed by atoms with van der Waals surface area (Å²) in [6.07, 6.45) is 1.19. The number of anilines is 1. The average molecular weight is 444 g/mol. The lowest BCUT2D eigenvalue weighted by Gasteiger charge is -2.31. The molecule has 0 bridgehead atoms. The standard InChI is InChI=1S/C23H29N3O4S/c1-17(2)15-24-23(28)20-12-6-7-13-21(20)25-22(27)18-9-8-14-26(16-18)31(29,30)19-10-4-3-5-11-19/h3-7,10-13,17-18H,8-9,14-16H2,1-2H3,(H,24,28)(H,25,27). The highest BCUT2D eigenvalue weighted by Gasteiger charge is 2.33. The van der Waals surface area contributed by atoms with Gasteiger partial charge in [-0.25, -0.2) is 8.42 Å². The number of sulfonamides is 1. The zero-order valence-electron chi connectivity index (χ0n) is 17.9. The van der Waals surface area contributed by atoms with Crippen molar-refractivity contribution >= 4 is 27.5 Å². The number of rotatable bonds is 7. The molecule has 1 atom stereocenters. The van der Waals surface area contributed by atoms with Gasteiger partial charge in [-0.05, 0) is 43.0 Å². The Morgan fingerprint density at radius 2 is 1.74 bits per heavy atom. The van der Waals surface area contributed by atoms with Crippen molar-refractivity contribution in [2.45, 2.75) is 31.6 Å². The molecule has 166 valence electrons. The van der Waals surface area contributed by atoms with Crippen LogP contribution < -0.4 is 10.6 Å². The SMILES string of the molecule is CC(C)CNC(=O)c1ccccc1NC(=O)C1CCCN(S(=O)(=O)c2ccccc2)C1. The van der Waals surface area contributed by atoms with E-state index in [4.69, 9.17) is 0 Å². The average Bonchev–Trinajstić information content (AvgIpc) is 2.78. The second kappa shape index (κ2) is 10.1. The number of amides is 2. The number of carbonyl (C=O) groups is 2. The van der Waals surface area contributed by atoms with Crippen LogP contribution in [-0.2, 0) is 14.8 Å². The third-order valence-corrected chi connectivity index (χ3v) is 7.12. The Hall–Kier alpha value is -2.71. The number of piperidine rings is 1. The van der Waals surface area contributed by atoms with Crippen molar-refractivity contribution in [2.75, 3.05) is 25.0 Å². The molecule has 2 aromatic carbocycles. The lowest BCUT2D eigenvalue weighted by atomic mass is 9.98. The Bertz CT molecular complexity index is 1020. The Balaban J connectivity index is 1.71. The maximum atomic E-state index is 13.0. The summed E-state index contributed by atoms with van der Waals surface area (Å²) in [6.45, 7) is 5.05. The number of nitrogens with one attached hydrogen (secondary N) is 2. The number of hydrogen-bond acceptors (Lipinski definition) is 4. The minimum absolute atomic E-state index is 0.116. The first-order valence-electron chi connectivity index (χ1n) is 10.5. The van der Waals surface area contributed by atoms with Gasteiger partial charge in [-0.15, -0.1) is 0 Å². The maximum absolute atomic E-state index is 13.0. The minimum atomic E-state index is -3.65. The molecule has 2 aromatic rings. The summed E-state index contributed by atoms with van der Waals surface area (Å²) in [7, 11) is -3.65. The third kappa shape index (κ3) is 5.71. The van der Waals surface area contributed by atoms with E-state index in [1.807, 2.05) is 13.8 Å². The highest BCUT2D eigenvalue weighted by molar-refractivity contribution is 7.89. The van der Waals surface area contributed by atoms with Crippen molar-refractivity contribution in [3.8, 4) is 0 Å². The Labute approximate surface area is 183 Å². The van der Waals surface area contributed by atoms with Crippen LogP contribution in [0.4, 0.5) is 5.69 Å². The molecule has 1 fully saturated rings. The molecule has 2 N–H and O–H groups in total. The van der Waals surface area contributed by atoms with Gasteiger partial charge in [0.2, 0.25) is 15.9 Å².